The Labute approximate surface area is 165 Å². The Morgan fingerprint density at radius 1 is 1.04 bits per heavy atom. The molecule has 0 bridgehead atoms. The molecule has 3 heterocycles. The summed E-state index contributed by atoms with van der Waals surface area (Å²) in [5, 5.41) is 18.3. The zero-order valence-electron chi connectivity index (χ0n) is 15.5. The van der Waals surface area contributed by atoms with Crippen LogP contribution in [0, 0.1) is 22.7 Å². The standard InChI is InChI=1S/C23H21N3S/c1-16-10-20(21(14-24)15-25)13-22(27-16)7-6-17-11-18-4-2-8-26-9-3-5-19(12-17)23(18)26/h6-7,10-13H,2-5,8-9H2,1H3. The van der Waals surface area contributed by atoms with E-state index in [4.69, 9.17) is 10.5 Å². The molecule has 134 valence electrons. The van der Waals surface area contributed by atoms with Crippen molar-refractivity contribution in [2.45, 2.75) is 32.6 Å². The van der Waals surface area contributed by atoms with Gasteiger partial charge in [-0.25, -0.2) is 0 Å². The molecule has 0 radical (unpaired) electrons. The van der Waals surface area contributed by atoms with Gasteiger partial charge in [-0.2, -0.15) is 10.5 Å². The molecular weight excluding hydrogens is 350 g/mol. The molecule has 0 saturated carbocycles. The van der Waals surface area contributed by atoms with Gasteiger partial charge < -0.3 is 4.90 Å². The van der Waals surface area contributed by atoms with E-state index in [-0.39, 0.29) is 5.57 Å². The van der Waals surface area contributed by atoms with Crippen LogP contribution in [0.5, 0.6) is 0 Å². The van der Waals surface area contributed by atoms with E-state index in [0.29, 0.717) is 5.57 Å². The maximum atomic E-state index is 9.14. The minimum Gasteiger partial charge on any atom is -0.371 e. The molecule has 0 atom stereocenters. The number of benzene rings is 1. The van der Waals surface area contributed by atoms with E-state index in [2.05, 4.69) is 29.2 Å². The fourth-order valence-electron chi connectivity index (χ4n) is 4.14. The quantitative estimate of drug-likeness (QED) is 0.664. The van der Waals surface area contributed by atoms with E-state index in [0.717, 1.165) is 9.81 Å². The summed E-state index contributed by atoms with van der Waals surface area (Å²) in [5.41, 5.74) is 6.57. The Kier molecular flexibility index (Phi) is 4.92. The molecule has 3 nitrogen and oxygen atoms in total. The topological polar surface area (TPSA) is 50.8 Å². The molecule has 1 aromatic carbocycles. The number of nitrogens with zero attached hydrogens (tertiary/aromatic N) is 3. The Hall–Kier alpha value is -2.69. The average Bonchev–Trinajstić information content (AvgIpc) is 2.67. The highest BCUT2D eigenvalue weighted by Gasteiger charge is 2.23. The van der Waals surface area contributed by atoms with Gasteiger partial charge in [0.05, 0.1) is 0 Å². The van der Waals surface area contributed by atoms with Crippen LogP contribution >= 0.6 is 11.8 Å². The molecule has 0 saturated heterocycles. The van der Waals surface area contributed by atoms with Crippen LogP contribution in [-0.2, 0) is 12.8 Å². The summed E-state index contributed by atoms with van der Waals surface area (Å²) in [5.74, 6) is 0. The fourth-order valence-corrected chi connectivity index (χ4v) is 5.02. The second kappa shape index (κ2) is 7.51. The van der Waals surface area contributed by atoms with Crippen molar-refractivity contribution in [3.05, 3.63) is 68.0 Å². The van der Waals surface area contributed by atoms with Crippen LogP contribution < -0.4 is 4.90 Å². The molecule has 0 aliphatic carbocycles. The molecule has 4 rings (SSSR count). The average molecular weight is 372 g/mol. The first-order valence-corrected chi connectivity index (χ1v) is 10.2. The summed E-state index contributed by atoms with van der Waals surface area (Å²) in [7, 11) is 0. The van der Waals surface area contributed by atoms with Gasteiger partial charge in [-0.1, -0.05) is 17.8 Å². The lowest BCUT2D eigenvalue weighted by Crippen LogP contribution is -2.34. The first-order chi connectivity index (χ1) is 13.2. The number of aryl methyl sites for hydroxylation is 2. The van der Waals surface area contributed by atoms with Crippen LogP contribution in [-0.4, -0.2) is 13.1 Å². The maximum Gasteiger partial charge on any atom is 0.136 e. The van der Waals surface area contributed by atoms with E-state index in [9.17, 15) is 0 Å². The lowest BCUT2D eigenvalue weighted by molar-refractivity contribution is 0.634. The Balaban J connectivity index is 1.65. The minimum absolute atomic E-state index is 0.166. The molecule has 1 aromatic rings. The summed E-state index contributed by atoms with van der Waals surface area (Å²) in [6.45, 7) is 4.40. The van der Waals surface area contributed by atoms with Crippen molar-refractivity contribution >= 4 is 23.5 Å². The van der Waals surface area contributed by atoms with Crippen molar-refractivity contribution in [1.29, 1.82) is 10.5 Å². The van der Waals surface area contributed by atoms with Gasteiger partial charge in [0.1, 0.15) is 17.7 Å². The molecule has 0 unspecified atom stereocenters. The van der Waals surface area contributed by atoms with Gasteiger partial charge in [-0.3, -0.25) is 0 Å². The second-order valence-corrected chi connectivity index (χ2v) is 8.49. The van der Waals surface area contributed by atoms with Crippen molar-refractivity contribution < 1.29 is 0 Å². The van der Waals surface area contributed by atoms with Crippen LogP contribution in [0.25, 0.3) is 6.08 Å². The van der Waals surface area contributed by atoms with Gasteiger partial charge in [0.2, 0.25) is 0 Å². The normalized spacial score (nSPS) is 18.3. The van der Waals surface area contributed by atoms with Crippen LogP contribution in [0.4, 0.5) is 5.69 Å². The van der Waals surface area contributed by atoms with Crippen molar-refractivity contribution in [1.82, 2.24) is 0 Å². The molecule has 0 amide bonds. The molecular formula is C23H21N3S. The summed E-state index contributed by atoms with van der Waals surface area (Å²) < 4.78 is 0. The third kappa shape index (κ3) is 3.59. The van der Waals surface area contributed by atoms with Crippen LogP contribution in [0.2, 0.25) is 0 Å². The maximum absolute atomic E-state index is 9.14. The highest BCUT2D eigenvalue weighted by Crippen LogP contribution is 2.37. The summed E-state index contributed by atoms with van der Waals surface area (Å²) >= 11 is 1.67. The molecule has 3 aliphatic heterocycles. The lowest BCUT2D eigenvalue weighted by Gasteiger charge is -2.37. The largest absolute Gasteiger partial charge is 0.371 e. The number of rotatable bonds is 2. The molecule has 27 heavy (non-hydrogen) atoms. The number of nitriles is 2. The van der Waals surface area contributed by atoms with Crippen molar-refractivity contribution in [2.24, 2.45) is 0 Å². The SMILES string of the molecule is CC1=CC(=C(C#N)C#N)C=C(C=Cc2cc3c4c(c2)CCCN4CCC3)S1. The molecule has 0 fully saturated rings. The summed E-state index contributed by atoms with van der Waals surface area (Å²) in [6.07, 6.45) is 12.9. The minimum atomic E-state index is 0.166. The zero-order valence-corrected chi connectivity index (χ0v) is 16.3. The molecule has 0 aromatic heterocycles. The van der Waals surface area contributed by atoms with Crippen LogP contribution in [0.1, 0.15) is 36.5 Å². The number of hydrogen-bond donors (Lipinski definition) is 0. The number of thioether (sulfide) groups is 1. The molecule has 0 spiro atoms. The van der Waals surface area contributed by atoms with Gasteiger partial charge in [0, 0.05) is 29.3 Å². The fraction of sp³-hybridized carbons (Fsp3) is 0.304. The smallest absolute Gasteiger partial charge is 0.136 e. The molecule has 3 aliphatic rings. The van der Waals surface area contributed by atoms with Crippen LogP contribution in [0.15, 0.2) is 51.3 Å². The van der Waals surface area contributed by atoms with Crippen molar-refractivity contribution in [2.75, 3.05) is 18.0 Å². The number of anilines is 1. The van der Waals surface area contributed by atoms with Gasteiger partial charge in [-0.05, 0) is 84.6 Å². The lowest BCUT2D eigenvalue weighted by atomic mass is 9.90. The van der Waals surface area contributed by atoms with Gasteiger partial charge in [0.15, 0.2) is 0 Å². The van der Waals surface area contributed by atoms with E-state index in [1.165, 1.54) is 61.2 Å². The van der Waals surface area contributed by atoms with Crippen LogP contribution in [0.3, 0.4) is 0 Å². The number of hydrogen-bond acceptors (Lipinski definition) is 4. The van der Waals surface area contributed by atoms with E-state index < -0.39 is 0 Å². The predicted octanol–water partition coefficient (Wildman–Crippen LogP) is 5.28. The second-order valence-electron chi connectivity index (χ2n) is 7.17. The zero-order chi connectivity index (χ0) is 18.8. The third-order valence-electron chi connectivity index (χ3n) is 5.24. The van der Waals surface area contributed by atoms with E-state index in [1.807, 2.05) is 31.2 Å². The Bertz CT molecular complexity index is 948. The monoisotopic (exact) mass is 371 g/mol. The highest BCUT2D eigenvalue weighted by molar-refractivity contribution is 8.06. The summed E-state index contributed by atoms with van der Waals surface area (Å²) in [4.78, 5) is 4.70. The third-order valence-corrected chi connectivity index (χ3v) is 6.17. The first-order valence-electron chi connectivity index (χ1n) is 9.39. The number of allylic oxidation sites excluding steroid dienone is 6. The molecule has 4 heteroatoms. The van der Waals surface area contributed by atoms with Crippen molar-refractivity contribution in [3.63, 3.8) is 0 Å². The Morgan fingerprint density at radius 2 is 1.70 bits per heavy atom. The summed E-state index contributed by atoms with van der Waals surface area (Å²) in [6, 6.07) is 8.63. The highest BCUT2D eigenvalue weighted by atomic mass is 32.2. The molecule has 0 N–H and O–H groups in total. The van der Waals surface area contributed by atoms with E-state index >= 15 is 0 Å². The van der Waals surface area contributed by atoms with Gasteiger partial charge >= 0.3 is 0 Å². The predicted molar refractivity (Wildman–Crippen MR) is 112 cm³/mol. The Morgan fingerprint density at radius 3 is 2.33 bits per heavy atom. The van der Waals surface area contributed by atoms with E-state index in [1.54, 1.807) is 11.8 Å². The van der Waals surface area contributed by atoms with Crippen molar-refractivity contribution in [3.8, 4) is 12.1 Å². The van der Waals surface area contributed by atoms with Gasteiger partial charge in [0.25, 0.3) is 0 Å². The van der Waals surface area contributed by atoms with Gasteiger partial charge in [-0.15, -0.1) is 0 Å². The first kappa shape index (κ1) is 17.7.